The number of benzene rings is 1. The first-order valence-electron chi connectivity index (χ1n) is 4.24. The Morgan fingerprint density at radius 3 is 2.54 bits per heavy atom. The fourth-order valence-electron chi connectivity index (χ4n) is 1.43. The summed E-state index contributed by atoms with van der Waals surface area (Å²) in [5.74, 6) is 0.829. The fraction of sp³-hybridized carbons (Fsp3) is 0.400. The topological polar surface area (TPSA) is 34.0 Å². The highest BCUT2D eigenvalue weighted by Gasteiger charge is 2.17. The summed E-state index contributed by atoms with van der Waals surface area (Å²) >= 11 is 0. The number of rotatable bonds is 1. The van der Waals surface area contributed by atoms with Crippen molar-refractivity contribution in [2.75, 3.05) is 7.11 Å². The van der Waals surface area contributed by atoms with Crippen LogP contribution in [0.1, 0.15) is 13.8 Å². The molecule has 0 amide bonds. The minimum Gasteiger partial charge on any atom is -0.497 e. The average molecular weight is 176 g/mol. The molecule has 1 heterocycles. The summed E-state index contributed by atoms with van der Waals surface area (Å²) in [5.41, 5.74) is -0.311. The molecule has 1 aliphatic heterocycles. The van der Waals surface area contributed by atoms with Crippen molar-refractivity contribution < 1.29 is 4.74 Å². The number of methoxy groups -OCH3 is 1. The van der Waals surface area contributed by atoms with Crippen LogP contribution < -0.4 is 15.5 Å². The van der Waals surface area contributed by atoms with E-state index < -0.39 is 0 Å². The molecule has 0 fully saturated rings. The normalized spacial score (nSPS) is 17.2. The average Bonchev–Trinajstić information content (AvgIpc) is 2.36. The molecule has 0 aliphatic carbocycles. The maximum Gasteiger partial charge on any atom is 0.146 e. The Labute approximate surface area is 76.8 Å². The largest absolute Gasteiger partial charge is 0.497 e. The van der Waals surface area contributed by atoms with Gasteiger partial charge in [-0.25, -0.2) is 0 Å². The van der Waals surface area contributed by atoms with Crippen molar-refractivity contribution in [1.29, 1.82) is 0 Å². The highest BCUT2D eigenvalue weighted by atomic mass is 16.5. The number of nitrogens with zero attached hydrogens (tertiary/aromatic N) is 2. The SMILES string of the molecule is COc1ccc2c(c1)=NC(C)(C)N=2. The molecule has 0 saturated heterocycles. The summed E-state index contributed by atoms with van der Waals surface area (Å²) in [4.78, 5) is 8.88. The van der Waals surface area contributed by atoms with Crippen LogP contribution in [0.15, 0.2) is 28.2 Å². The van der Waals surface area contributed by atoms with Gasteiger partial charge >= 0.3 is 0 Å². The van der Waals surface area contributed by atoms with Crippen LogP contribution in [0.2, 0.25) is 0 Å². The van der Waals surface area contributed by atoms with Crippen LogP contribution in [0.25, 0.3) is 0 Å². The molecular weight excluding hydrogens is 164 g/mol. The van der Waals surface area contributed by atoms with Gasteiger partial charge < -0.3 is 4.74 Å². The second-order valence-electron chi connectivity index (χ2n) is 3.57. The van der Waals surface area contributed by atoms with E-state index in [1.54, 1.807) is 7.11 Å². The van der Waals surface area contributed by atoms with Gasteiger partial charge in [-0.1, -0.05) is 0 Å². The molecule has 2 rings (SSSR count). The van der Waals surface area contributed by atoms with Crippen molar-refractivity contribution in [1.82, 2.24) is 0 Å². The third-order valence-corrected chi connectivity index (χ3v) is 1.97. The molecule has 1 aromatic carbocycles. The van der Waals surface area contributed by atoms with E-state index in [-0.39, 0.29) is 5.66 Å². The number of fused-ring (bicyclic) bond motifs is 1. The van der Waals surface area contributed by atoms with Crippen LogP contribution in [-0.4, -0.2) is 12.8 Å². The highest BCUT2D eigenvalue weighted by Crippen LogP contribution is 2.11. The molecule has 1 aromatic rings. The predicted octanol–water partition coefficient (Wildman–Crippen LogP) is 0.684. The zero-order valence-electron chi connectivity index (χ0n) is 8.03. The molecule has 0 unspecified atom stereocenters. The monoisotopic (exact) mass is 176 g/mol. The van der Waals surface area contributed by atoms with Gasteiger partial charge in [0.05, 0.1) is 17.8 Å². The van der Waals surface area contributed by atoms with Crippen LogP contribution in [0.4, 0.5) is 0 Å². The van der Waals surface area contributed by atoms with Gasteiger partial charge in [-0.05, 0) is 26.0 Å². The number of hydrogen-bond donors (Lipinski definition) is 0. The van der Waals surface area contributed by atoms with Crippen LogP contribution >= 0.6 is 0 Å². The number of ether oxygens (including phenoxy) is 1. The summed E-state index contributed by atoms with van der Waals surface area (Å²) in [6.07, 6.45) is 0. The molecule has 3 heteroatoms. The van der Waals surface area contributed by atoms with E-state index in [0.29, 0.717) is 0 Å². The zero-order valence-corrected chi connectivity index (χ0v) is 8.03. The minimum atomic E-state index is -0.311. The molecule has 0 saturated carbocycles. The number of hydrogen-bond acceptors (Lipinski definition) is 3. The molecule has 1 aliphatic rings. The summed E-state index contributed by atoms with van der Waals surface area (Å²) in [6, 6.07) is 5.75. The molecule has 0 atom stereocenters. The Kier molecular flexibility index (Phi) is 1.62. The van der Waals surface area contributed by atoms with Gasteiger partial charge in [0.25, 0.3) is 0 Å². The predicted molar refractivity (Wildman–Crippen MR) is 49.4 cm³/mol. The van der Waals surface area contributed by atoms with Crippen LogP contribution in [0.5, 0.6) is 5.75 Å². The smallest absolute Gasteiger partial charge is 0.146 e. The second-order valence-corrected chi connectivity index (χ2v) is 3.57. The third kappa shape index (κ3) is 1.41. The van der Waals surface area contributed by atoms with Crippen molar-refractivity contribution in [2.45, 2.75) is 19.5 Å². The van der Waals surface area contributed by atoms with E-state index in [2.05, 4.69) is 9.98 Å². The Morgan fingerprint density at radius 2 is 1.85 bits per heavy atom. The van der Waals surface area contributed by atoms with Gasteiger partial charge in [0.1, 0.15) is 11.4 Å². The van der Waals surface area contributed by atoms with Gasteiger partial charge in [-0.15, -0.1) is 0 Å². The van der Waals surface area contributed by atoms with Crippen molar-refractivity contribution >= 4 is 0 Å². The summed E-state index contributed by atoms with van der Waals surface area (Å²) in [7, 11) is 1.65. The standard InChI is InChI=1S/C10H12N2O/c1-10(2)11-8-5-4-7(13-3)6-9(8)12-10/h4-6H,1-3H3. The molecule has 0 N–H and O–H groups in total. The van der Waals surface area contributed by atoms with Gasteiger partial charge in [-0.3, -0.25) is 9.98 Å². The Hall–Kier alpha value is -1.38. The van der Waals surface area contributed by atoms with Crippen LogP contribution in [0.3, 0.4) is 0 Å². The Morgan fingerprint density at radius 1 is 1.15 bits per heavy atom. The summed E-state index contributed by atoms with van der Waals surface area (Å²) in [5, 5.41) is 1.87. The van der Waals surface area contributed by atoms with Crippen LogP contribution in [-0.2, 0) is 0 Å². The maximum absolute atomic E-state index is 5.11. The summed E-state index contributed by atoms with van der Waals surface area (Å²) < 4.78 is 5.11. The van der Waals surface area contributed by atoms with Crippen molar-refractivity contribution in [3.8, 4) is 5.75 Å². The molecule has 13 heavy (non-hydrogen) atoms. The lowest BCUT2D eigenvalue weighted by Gasteiger charge is -2.06. The quantitative estimate of drug-likeness (QED) is 0.619. The van der Waals surface area contributed by atoms with Crippen molar-refractivity contribution in [3.05, 3.63) is 28.9 Å². The Bertz CT molecular complexity index is 448. The van der Waals surface area contributed by atoms with Crippen molar-refractivity contribution in [2.24, 2.45) is 9.98 Å². The lowest BCUT2D eigenvalue weighted by molar-refractivity contribution is 0.414. The minimum absolute atomic E-state index is 0.311. The maximum atomic E-state index is 5.11. The molecule has 0 bridgehead atoms. The van der Waals surface area contributed by atoms with E-state index in [1.807, 2.05) is 32.0 Å². The lowest BCUT2D eigenvalue weighted by atomic mass is 10.3. The van der Waals surface area contributed by atoms with Gasteiger partial charge in [0.15, 0.2) is 0 Å². The first-order chi connectivity index (χ1) is 6.11. The third-order valence-electron chi connectivity index (χ3n) is 1.97. The fourth-order valence-corrected chi connectivity index (χ4v) is 1.43. The van der Waals surface area contributed by atoms with E-state index >= 15 is 0 Å². The Balaban J connectivity index is 2.66. The lowest BCUT2D eigenvalue weighted by Crippen LogP contribution is -2.20. The molecular formula is C10H12N2O. The van der Waals surface area contributed by atoms with E-state index in [1.165, 1.54) is 0 Å². The van der Waals surface area contributed by atoms with Gasteiger partial charge in [0.2, 0.25) is 0 Å². The molecule has 3 nitrogen and oxygen atoms in total. The molecule has 0 radical (unpaired) electrons. The zero-order chi connectivity index (χ0) is 9.47. The molecule has 68 valence electrons. The van der Waals surface area contributed by atoms with E-state index in [4.69, 9.17) is 4.74 Å². The first kappa shape index (κ1) is 8.23. The van der Waals surface area contributed by atoms with E-state index in [0.717, 1.165) is 16.5 Å². The summed E-state index contributed by atoms with van der Waals surface area (Å²) in [6.45, 7) is 3.97. The van der Waals surface area contributed by atoms with Gasteiger partial charge in [-0.2, -0.15) is 0 Å². The van der Waals surface area contributed by atoms with Crippen molar-refractivity contribution in [3.63, 3.8) is 0 Å². The molecule has 0 aromatic heterocycles. The second kappa shape index (κ2) is 2.55. The first-order valence-corrected chi connectivity index (χ1v) is 4.24. The van der Waals surface area contributed by atoms with E-state index in [9.17, 15) is 0 Å². The highest BCUT2D eigenvalue weighted by molar-refractivity contribution is 5.22. The molecule has 0 spiro atoms. The van der Waals surface area contributed by atoms with Crippen LogP contribution in [0, 0.1) is 0 Å². The van der Waals surface area contributed by atoms with Gasteiger partial charge in [0, 0.05) is 6.07 Å².